The Kier molecular flexibility index (Phi) is 5.47. The number of hydrogen-bond donors (Lipinski definition) is 0. The summed E-state index contributed by atoms with van der Waals surface area (Å²) in [6.45, 7) is 0.0762. The maximum Gasteiger partial charge on any atom is 0.261 e. The highest BCUT2D eigenvalue weighted by Crippen LogP contribution is 2.33. The minimum Gasteiger partial charge on any atom is -0.755 e. The first-order valence-electron chi connectivity index (χ1n) is 9.07. The lowest BCUT2D eigenvalue weighted by Gasteiger charge is -2.18. The SMILES string of the molecule is COc1cc(C=C2SCN([O-])C2=O)ccc1OCc1nc2ccccc2c(=O)n1C. The predicted octanol–water partition coefficient (Wildman–Crippen LogP) is 2.89. The molecule has 1 aliphatic rings. The van der Waals surface area contributed by atoms with Gasteiger partial charge in [-0.05, 0) is 35.9 Å². The van der Waals surface area contributed by atoms with Gasteiger partial charge >= 0.3 is 0 Å². The fraction of sp³-hybridized carbons (Fsp3) is 0.190. The van der Waals surface area contributed by atoms with Crippen LogP contribution in [0.25, 0.3) is 17.0 Å². The van der Waals surface area contributed by atoms with E-state index >= 15 is 0 Å². The van der Waals surface area contributed by atoms with Crippen LogP contribution >= 0.6 is 11.8 Å². The number of methoxy groups -OCH3 is 1. The highest BCUT2D eigenvalue weighted by Gasteiger charge is 2.20. The fourth-order valence-electron chi connectivity index (χ4n) is 3.05. The molecule has 30 heavy (non-hydrogen) atoms. The van der Waals surface area contributed by atoms with Gasteiger partial charge in [-0.25, -0.2) is 4.98 Å². The van der Waals surface area contributed by atoms with Crippen molar-refractivity contribution in [3.05, 3.63) is 74.3 Å². The monoisotopic (exact) mass is 424 g/mol. The molecule has 154 valence electrons. The van der Waals surface area contributed by atoms with E-state index in [1.165, 1.54) is 23.4 Å². The standard InChI is InChI=1S/C21H18N3O5S/c1-23-19(22-15-6-4-3-5-14(15)20(23)25)11-29-16-8-7-13(9-17(16)28-2)10-18-21(26)24(27)12-30-18/h3-10H,11-12H2,1-2H3/q-1. The zero-order valence-corrected chi connectivity index (χ0v) is 17.1. The number of para-hydroxylation sites is 1. The first-order chi connectivity index (χ1) is 14.5. The fourth-order valence-corrected chi connectivity index (χ4v) is 3.87. The molecule has 2 heterocycles. The number of carbonyl (C=O) groups is 1. The quantitative estimate of drug-likeness (QED) is 0.581. The van der Waals surface area contributed by atoms with Crippen molar-refractivity contribution in [2.45, 2.75) is 6.61 Å². The van der Waals surface area contributed by atoms with E-state index in [1.807, 2.05) is 6.07 Å². The molecule has 4 rings (SSSR count). The number of rotatable bonds is 5. The van der Waals surface area contributed by atoms with Crippen LogP contribution in [0.4, 0.5) is 0 Å². The Hall–Kier alpha value is -3.30. The lowest BCUT2D eigenvalue weighted by Crippen LogP contribution is -2.23. The van der Waals surface area contributed by atoms with E-state index in [0.29, 0.717) is 43.8 Å². The summed E-state index contributed by atoms with van der Waals surface area (Å²) in [5, 5.41) is 12.3. The van der Waals surface area contributed by atoms with Crippen LogP contribution in [0, 0.1) is 5.21 Å². The van der Waals surface area contributed by atoms with E-state index < -0.39 is 5.91 Å². The molecule has 1 aromatic heterocycles. The lowest BCUT2D eigenvalue weighted by molar-refractivity contribution is -0.122. The predicted molar refractivity (Wildman–Crippen MR) is 115 cm³/mol. The van der Waals surface area contributed by atoms with Crippen molar-refractivity contribution >= 4 is 34.6 Å². The molecule has 0 saturated carbocycles. The summed E-state index contributed by atoms with van der Waals surface area (Å²) in [6.07, 6.45) is 1.64. The van der Waals surface area contributed by atoms with Gasteiger partial charge in [-0.3, -0.25) is 14.2 Å². The molecule has 9 heteroatoms. The summed E-state index contributed by atoms with van der Waals surface area (Å²) in [6, 6.07) is 12.4. The Morgan fingerprint density at radius 3 is 2.73 bits per heavy atom. The number of ether oxygens (including phenoxy) is 2. The van der Waals surface area contributed by atoms with Gasteiger partial charge in [0.15, 0.2) is 11.5 Å². The number of fused-ring (bicyclic) bond motifs is 1. The maximum absolute atomic E-state index is 12.5. The van der Waals surface area contributed by atoms with Crippen LogP contribution in [0.15, 0.2) is 52.2 Å². The summed E-state index contributed by atoms with van der Waals surface area (Å²) in [5.74, 6) is 0.973. The van der Waals surface area contributed by atoms with Gasteiger partial charge in [-0.15, -0.1) is 0 Å². The average Bonchev–Trinajstić information content (AvgIpc) is 3.08. The van der Waals surface area contributed by atoms with Crippen LogP contribution in [0.2, 0.25) is 0 Å². The third kappa shape index (κ3) is 3.77. The molecule has 1 aliphatic heterocycles. The van der Waals surface area contributed by atoms with Crippen molar-refractivity contribution < 1.29 is 14.3 Å². The summed E-state index contributed by atoms with van der Waals surface area (Å²) in [7, 11) is 3.17. The Labute approximate surface area is 176 Å². The highest BCUT2D eigenvalue weighted by atomic mass is 32.2. The Balaban J connectivity index is 1.58. The number of benzene rings is 2. The molecule has 2 aromatic carbocycles. The first kappa shape index (κ1) is 20.0. The molecule has 0 unspecified atom stereocenters. The minimum absolute atomic E-state index is 0.0762. The first-order valence-corrected chi connectivity index (χ1v) is 10.1. The second-order valence-electron chi connectivity index (χ2n) is 6.57. The summed E-state index contributed by atoms with van der Waals surface area (Å²) in [4.78, 5) is 29.2. The van der Waals surface area contributed by atoms with E-state index in [9.17, 15) is 14.8 Å². The normalized spacial score (nSPS) is 15.2. The van der Waals surface area contributed by atoms with Crippen LogP contribution in [-0.2, 0) is 18.4 Å². The number of nitrogens with zero attached hydrogens (tertiary/aromatic N) is 3. The van der Waals surface area contributed by atoms with Crippen LogP contribution in [0.5, 0.6) is 11.5 Å². The smallest absolute Gasteiger partial charge is 0.261 e. The molecule has 1 saturated heterocycles. The Bertz CT molecular complexity index is 1220. The van der Waals surface area contributed by atoms with Crippen molar-refractivity contribution in [1.29, 1.82) is 0 Å². The van der Waals surface area contributed by atoms with Crippen molar-refractivity contribution in [2.24, 2.45) is 7.05 Å². The van der Waals surface area contributed by atoms with E-state index in [-0.39, 0.29) is 18.0 Å². The summed E-state index contributed by atoms with van der Waals surface area (Å²) < 4.78 is 12.7. The van der Waals surface area contributed by atoms with Crippen LogP contribution < -0.4 is 15.0 Å². The molecule has 0 aliphatic carbocycles. The molecule has 0 radical (unpaired) electrons. The molecule has 0 atom stereocenters. The molecule has 3 aromatic rings. The third-order valence-electron chi connectivity index (χ3n) is 4.69. The zero-order chi connectivity index (χ0) is 21.3. The Morgan fingerprint density at radius 2 is 2.00 bits per heavy atom. The molecule has 1 amide bonds. The summed E-state index contributed by atoms with van der Waals surface area (Å²) in [5.41, 5.74) is 1.18. The average molecular weight is 424 g/mol. The van der Waals surface area contributed by atoms with Crippen molar-refractivity contribution in [1.82, 2.24) is 14.6 Å². The second kappa shape index (κ2) is 8.21. The van der Waals surface area contributed by atoms with Gasteiger partial charge in [-0.1, -0.05) is 30.0 Å². The van der Waals surface area contributed by atoms with Crippen molar-refractivity contribution in [3.8, 4) is 11.5 Å². The lowest BCUT2D eigenvalue weighted by atomic mass is 10.2. The highest BCUT2D eigenvalue weighted by molar-refractivity contribution is 8.04. The van der Waals surface area contributed by atoms with Crippen molar-refractivity contribution in [2.75, 3.05) is 13.0 Å². The number of aromatic nitrogens is 2. The number of hydroxylamine groups is 2. The van der Waals surface area contributed by atoms with Gasteiger partial charge in [-0.2, -0.15) is 0 Å². The molecular weight excluding hydrogens is 406 g/mol. The van der Waals surface area contributed by atoms with E-state index in [1.54, 1.807) is 49.5 Å². The maximum atomic E-state index is 12.5. The molecule has 0 spiro atoms. The van der Waals surface area contributed by atoms with Crippen LogP contribution in [0.1, 0.15) is 11.4 Å². The second-order valence-corrected chi connectivity index (χ2v) is 7.56. The molecule has 8 nitrogen and oxygen atoms in total. The van der Waals surface area contributed by atoms with Crippen molar-refractivity contribution in [3.63, 3.8) is 0 Å². The molecule has 1 fully saturated rings. The minimum atomic E-state index is -0.539. The van der Waals surface area contributed by atoms with Gasteiger partial charge in [0, 0.05) is 7.05 Å². The number of hydrogen-bond acceptors (Lipinski definition) is 7. The van der Waals surface area contributed by atoms with Crippen LogP contribution in [-0.4, -0.2) is 33.5 Å². The topological polar surface area (TPSA) is 96.7 Å². The largest absolute Gasteiger partial charge is 0.755 e. The third-order valence-corrected chi connectivity index (χ3v) is 5.66. The number of amides is 1. The number of carbonyl (C=O) groups excluding carboxylic acids is 1. The molecular formula is C21H18N3O5S-. The van der Waals surface area contributed by atoms with Crippen LogP contribution in [0.3, 0.4) is 0 Å². The Morgan fingerprint density at radius 1 is 1.20 bits per heavy atom. The van der Waals surface area contributed by atoms with Gasteiger partial charge in [0.1, 0.15) is 12.4 Å². The van der Waals surface area contributed by atoms with Gasteiger partial charge < -0.3 is 19.7 Å². The van der Waals surface area contributed by atoms with Gasteiger partial charge in [0.25, 0.3) is 5.56 Å². The van der Waals surface area contributed by atoms with Gasteiger partial charge in [0.2, 0.25) is 5.91 Å². The van der Waals surface area contributed by atoms with E-state index in [0.717, 1.165) is 0 Å². The van der Waals surface area contributed by atoms with Gasteiger partial charge in [0.05, 0.1) is 28.8 Å². The number of thioether (sulfide) groups is 1. The van der Waals surface area contributed by atoms with E-state index in [2.05, 4.69) is 4.98 Å². The molecule has 0 bridgehead atoms. The summed E-state index contributed by atoms with van der Waals surface area (Å²) >= 11 is 1.19. The molecule has 0 N–H and O–H groups in total. The van der Waals surface area contributed by atoms with E-state index in [4.69, 9.17) is 9.47 Å². The zero-order valence-electron chi connectivity index (χ0n) is 16.3.